The lowest BCUT2D eigenvalue weighted by Gasteiger charge is -2.17. The molecule has 0 saturated carbocycles. The van der Waals surface area contributed by atoms with Crippen molar-refractivity contribution >= 4 is 27.3 Å². The van der Waals surface area contributed by atoms with Gasteiger partial charge in [0, 0.05) is 36.6 Å². The summed E-state index contributed by atoms with van der Waals surface area (Å²) in [5, 5.41) is 2.92. The van der Waals surface area contributed by atoms with Crippen LogP contribution in [0.1, 0.15) is 39.9 Å². The fraction of sp³-hybridized carbons (Fsp3) is 0.269. The molecule has 2 N–H and O–H groups in total. The molecule has 0 radical (unpaired) electrons. The van der Waals surface area contributed by atoms with Gasteiger partial charge in [0.2, 0.25) is 0 Å². The molecular formula is C26H29N3O3S. The Morgan fingerprint density at radius 1 is 0.909 bits per heavy atom. The Morgan fingerprint density at radius 3 is 2.24 bits per heavy atom. The SMILES string of the molecule is Cc1ccc(C)c(S(=O)(=O)Nc2ccc(C(=O)NCc3ccc(N4CCCC4)cc3)cc2)c1. The van der Waals surface area contributed by atoms with Crippen molar-refractivity contribution in [2.75, 3.05) is 22.7 Å². The monoisotopic (exact) mass is 463 g/mol. The quantitative estimate of drug-likeness (QED) is 0.535. The number of hydrogen-bond acceptors (Lipinski definition) is 4. The second kappa shape index (κ2) is 9.67. The minimum Gasteiger partial charge on any atom is -0.372 e. The Balaban J connectivity index is 1.35. The number of hydrogen-bond donors (Lipinski definition) is 2. The van der Waals surface area contributed by atoms with Crippen molar-refractivity contribution in [3.8, 4) is 0 Å². The van der Waals surface area contributed by atoms with Gasteiger partial charge in [0.05, 0.1) is 4.90 Å². The van der Waals surface area contributed by atoms with Gasteiger partial charge in [-0.15, -0.1) is 0 Å². The highest BCUT2D eigenvalue weighted by Gasteiger charge is 2.17. The first-order valence-electron chi connectivity index (χ1n) is 11.1. The van der Waals surface area contributed by atoms with Crippen molar-refractivity contribution in [3.63, 3.8) is 0 Å². The predicted octanol–water partition coefficient (Wildman–Crippen LogP) is 4.63. The van der Waals surface area contributed by atoms with E-state index in [0.29, 0.717) is 23.4 Å². The molecule has 7 heteroatoms. The van der Waals surface area contributed by atoms with Gasteiger partial charge in [-0.2, -0.15) is 0 Å². The molecule has 3 aromatic rings. The summed E-state index contributed by atoms with van der Waals surface area (Å²) < 4.78 is 28.1. The second-order valence-corrected chi connectivity index (χ2v) is 10.1. The van der Waals surface area contributed by atoms with Crippen molar-refractivity contribution in [2.45, 2.75) is 38.1 Å². The Bertz CT molecular complexity index is 1230. The smallest absolute Gasteiger partial charge is 0.262 e. The summed E-state index contributed by atoms with van der Waals surface area (Å²) in [4.78, 5) is 15.2. The predicted molar refractivity (Wildman–Crippen MR) is 132 cm³/mol. The van der Waals surface area contributed by atoms with Crippen LogP contribution in [0.3, 0.4) is 0 Å². The van der Waals surface area contributed by atoms with Crippen LogP contribution < -0.4 is 14.9 Å². The van der Waals surface area contributed by atoms with Gasteiger partial charge in [0.15, 0.2) is 0 Å². The maximum Gasteiger partial charge on any atom is 0.262 e. The molecule has 0 atom stereocenters. The van der Waals surface area contributed by atoms with E-state index >= 15 is 0 Å². The molecule has 33 heavy (non-hydrogen) atoms. The number of benzene rings is 3. The third-order valence-corrected chi connectivity index (χ3v) is 7.42. The van der Waals surface area contributed by atoms with E-state index in [0.717, 1.165) is 24.2 Å². The van der Waals surface area contributed by atoms with Gasteiger partial charge in [0.1, 0.15) is 0 Å². The topological polar surface area (TPSA) is 78.5 Å². The zero-order chi connectivity index (χ0) is 23.4. The summed E-state index contributed by atoms with van der Waals surface area (Å²) in [7, 11) is -3.71. The van der Waals surface area contributed by atoms with E-state index in [9.17, 15) is 13.2 Å². The molecule has 0 aromatic heterocycles. The van der Waals surface area contributed by atoms with Gasteiger partial charge in [-0.3, -0.25) is 9.52 Å². The highest BCUT2D eigenvalue weighted by atomic mass is 32.2. The second-order valence-electron chi connectivity index (χ2n) is 8.50. The zero-order valence-corrected chi connectivity index (χ0v) is 19.8. The molecular weight excluding hydrogens is 434 g/mol. The summed E-state index contributed by atoms with van der Waals surface area (Å²) in [6.45, 7) is 6.26. The molecule has 1 amide bonds. The first-order chi connectivity index (χ1) is 15.8. The van der Waals surface area contributed by atoms with E-state index in [4.69, 9.17) is 0 Å². The van der Waals surface area contributed by atoms with Crippen LogP contribution in [0.5, 0.6) is 0 Å². The fourth-order valence-electron chi connectivity index (χ4n) is 3.98. The van der Waals surface area contributed by atoms with Crippen LogP contribution in [-0.4, -0.2) is 27.4 Å². The number of aryl methyl sites for hydroxylation is 2. The van der Waals surface area contributed by atoms with Crippen molar-refractivity contribution < 1.29 is 13.2 Å². The van der Waals surface area contributed by atoms with Crippen LogP contribution in [0.15, 0.2) is 71.6 Å². The average molecular weight is 464 g/mol. The normalized spacial score (nSPS) is 13.7. The van der Waals surface area contributed by atoms with Crippen molar-refractivity contribution in [1.29, 1.82) is 0 Å². The minimum atomic E-state index is -3.71. The minimum absolute atomic E-state index is 0.206. The molecule has 0 unspecified atom stereocenters. The Labute approximate surface area is 195 Å². The number of nitrogens with one attached hydrogen (secondary N) is 2. The molecule has 4 rings (SSSR count). The van der Waals surface area contributed by atoms with E-state index < -0.39 is 10.0 Å². The summed E-state index contributed by atoms with van der Waals surface area (Å²) in [5.74, 6) is -0.206. The summed E-state index contributed by atoms with van der Waals surface area (Å²) in [6, 6.07) is 20.0. The lowest BCUT2D eigenvalue weighted by atomic mass is 10.1. The number of carbonyl (C=O) groups is 1. The van der Waals surface area contributed by atoms with E-state index in [1.807, 2.05) is 25.1 Å². The lowest BCUT2D eigenvalue weighted by molar-refractivity contribution is 0.0951. The lowest BCUT2D eigenvalue weighted by Crippen LogP contribution is -2.23. The molecule has 3 aromatic carbocycles. The summed E-state index contributed by atoms with van der Waals surface area (Å²) in [6.07, 6.45) is 2.48. The van der Waals surface area contributed by atoms with Crippen LogP contribution in [-0.2, 0) is 16.6 Å². The number of anilines is 2. The van der Waals surface area contributed by atoms with Crippen molar-refractivity contribution in [1.82, 2.24) is 5.32 Å². The molecule has 1 heterocycles. The third kappa shape index (κ3) is 5.54. The van der Waals surface area contributed by atoms with Gasteiger partial charge in [-0.25, -0.2) is 8.42 Å². The first-order valence-corrected chi connectivity index (χ1v) is 12.6. The number of nitrogens with zero attached hydrogens (tertiary/aromatic N) is 1. The van der Waals surface area contributed by atoms with E-state index in [-0.39, 0.29) is 10.8 Å². The van der Waals surface area contributed by atoms with Crippen LogP contribution in [0, 0.1) is 13.8 Å². The van der Waals surface area contributed by atoms with Crippen molar-refractivity contribution in [3.05, 3.63) is 89.0 Å². The van der Waals surface area contributed by atoms with E-state index in [2.05, 4.69) is 27.1 Å². The largest absolute Gasteiger partial charge is 0.372 e. The highest BCUT2D eigenvalue weighted by molar-refractivity contribution is 7.92. The Kier molecular flexibility index (Phi) is 6.70. The van der Waals surface area contributed by atoms with E-state index in [1.165, 1.54) is 18.5 Å². The molecule has 0 bridgehead atoms. The van der Waals surface area contributed by atoms with Crippen LogP contribution >= 0.6 is 0 Å². The Morgan fingerprint density at radius 2 is 1.58 bits per heavy atom. The zero-order valence-electron chi connectivity index (χ0n) is 19.0. The summed E-state index contributed by atoms with van der Waals surface area (Å²) in [5.41, 5.74) is 4.69. The van der Waals surface area contributed by atoms with Crippen LogP contribution in [0.25, 0.3) is 0 Å². The summed E-state index contributed by atoms with van der Waals surface area (Å²) >= 11 is 0. The first kappa shape index (κ1) is 22.9. The number of carbonyl (C=O) groups excluding carboxylic acids is 1. The molecule has 1 fully saturated rings. The number of rotatable bonds is 7. The van der Waals surface area contributed by atoms with Crippen LogP contribution in [0.4, 0.5) is 11.4 Å². The third-order valence-electron chi connectivity index (χ3n) is 5.89. The van der Waals surface area contributed by atoms with Gasteiger partial charge < -0.3 is 10.2 Å². The molecule has 6 nitrogen and oxygen atoms in total. The maximum absolute atomic E-state index is 12.8. The standard InChI is InChI=1S/C26H29N3O3S/c1-19-5-6-20(2)25(17-19)33(31,32)28-23-11-9-22(10-12-23)26(30)27-18-21-7-13-24(14-8-21)29-15-3-4-16-29/h5-14,17,28H,3-4,15-16,18H2,1-2H3,(H,27,30). The molecule has 1 saturated heterocycles. The molecule has 1 aliphatic heterocycles. The van der Waals surface area contributed by atoms with Gasteiger partial charge in [-0.05, 0) is 85.8 Å². The fourth-order valence-corrected chi connectivity index (χ4v) is 5.37. The molecule has 172 valence electrons. The van der Waals surface area contributed by atoms with Crippen LogP contribution in [0.2, 0.25) is 0 Å². The molecule has 0 spiro atoms. The average Bonchev–Trinajstić information content (AvgIpc) is 3.34. The Hall–Kier alpha value is -3.32. The van der Waals surface area contributed by atoms with E-state index in [1.54, 1.807) is 43.3 Å². The van der Waals surface area contributed by atoms with Crippen molar-refractivity contribution in [2.24, 2.45) is 0 Å². The molecule has 1 aliphatic rings. The number of amides is 1. The highest BCUT2D eigenvalue weighted by Crippen LogP contribution is 2.22. The molecule has 0 aliphatic carbocycles. The van der Waals surface area contributed by atoms with Gasteiger partial charge >= 0.3 is 0 Å². The van der Waals surface area contributed by atoms with Gasteiger partial charge in [-0.1, -0.05) is 24.3 Å². The maximum atomic E-state index is 12.8. The van der Waals surface area contributed by atoms with Gasteiger partial charge in [0.25, 0.3) is 15.9 Å². The number of sulfonamides is 1.